The highest BCUT2D eigenvalue weighted by atomic mass is 35.5. The van der Waals surface area contributed by atoms with Crippen molar-refractivity contribution < 1.29 is 18.7 Å². The van der Waals surface area contributed by atoms with Crippen molar-refractivity contribution in [1.82, 2.24) is 5.32 Å². The Morgan fingerprint density at radius 2 is 1.88 bits per heavy atom. The molecule has 1 amide bonds. The lowest BCUT2D eigenvalue weighted by atomic mass is 10.1. The molecule has 0 aliphatic rings. The van der Waals surface area contributed by atoms with Crippen molar-refractivity contribution in [2.24, 2.45) is 0 Å². The first-order valence-corrected chi connectivity index (χ1v) is 8.08. The summed E-state index contributed by atoms with van der Waals surface area (Å²) in [6, 6.07) is 9.74. The van der Waals surface area contributed by atoms with E-state index in [4.69, 9.17) is 21.1 Å². The number of carbonyl (C=O) groups excluding carboxylic acids is 1. The van der Waals surface area contributed by atoms with E-state index < -0.39 is 5.82 Å². The summed E-state index contributed by atoms with van der Waals surface area (Å²) in [6.45, 7) is 0.759. The summed E-state index contributed by atoms with van der Waals surface area (Å²) < 4.78 is 23.5. The molecule has 0 spiro atoms. The van der Waals surface area contributed by atoms with Gasteiger partial charge in [0.05, 0.1) is 25.8 Å². The lowest BCUT2D eigenvalue weighted by molar-refractivity contribution is -0.115. The number of hydrogen-bond acceptors (Lipinski definition) is 4. The van der Waals surface area contributed by atoms with Crippen LogP contribution in [0.1, 0.15) is 5.56 Å². The van der Waals surface area contributed by atoms with Gasteiger partial charge in [-0.2, -0.15) is 0 Å². The van der Waals surface area contributed by atoms with Crippen molar-refractivity contribution in [3.05, 3.63) is 52.8 Å². The predicted octanol–water partition coefficient (Wildman–Crippen LogP) is 3.27. The average Bonchev–Trinajstić information content (AvgIpc) is 2.61. The third-order valence-electron chi connectivity index (χ3n) is 3.53. The topological polar surface area (TPSA) is 59.6 Å². The molecule has 2 N–H and O–H groups in total. The maximum atomic E-state index is 13.1. The van der Waals surface area contributed by atoms with Crippen molar-refractivity contribution >= 4 is 23.2 Å². The van der Waals surface area contributed by atoms with Gasteiger partial charge < -0.3 is 20.1 Å². The van der Waals surface area contributed by atoms with Gasteiger partial charge in [-0.1, -0.05) is 17.7 Å². The quantitative estimate of drug-likeness (QED) is 0.704. The fourth-order valence-electron chi connectivity index (χ4n) is 2.25. The zero-order chi connectivity index (χ0) is 18.2. The molecule has 25 heavy (non-hydrogen) atoms. The minimum absolute atomic E-state index is 0.0285. The molecule has 0 radical (unpaired) electrons. The first kappa shape index (κ1) is 19.0. The minimum atomic E-state index is -0.521. The smallest absolute Gasteiger partial charge is 0.238 e. The summed E-state index contributed by atoms with van der Waals surface area (Å²) in [5.74, 6) is 0.602. The van der Waals surface area contributed by atoms with E-state index in [2.05, 4.69) is 10.6 Å². The molecule has 0 heterocycles. The van der Waals surface area contributed by atoms with Crippen LogP contribution >= 0.6 is 11.6 Å². The third kappa shape index (κ3) is 5.62. The summed E-state index contributed by atoms with van der Waals surface area (Å²) in [4.78, 5) is 11.9. The van der Waals surface area contributed by atoms with Gasteiger partial charge in [0.1, 0.15) is 5.82 Å². The Hall–Kier alpha value is -2.31. The molecule has 0 aromatic heterocycles. The van der Waals surface area contributed by atoms with Crippen LogP contribution in [0.4, 0.5) is 10.1 Å². The monoisotopic (exact) mass is 366 g/mol. The number of ether oxygens (including phenoxy) is 2. The second-order valence-corrected chi connectivity index (χ2v) is 5.70. The molecule has 0 aliphatic carbocycles. The van der Waals surface area contributed by atoms with Gasteiger partial charge in [0.25, 0.3) is 0 Å². The lowest BCUT2D eigenvalue weighted by Crippen LogP contribution is -2.29. The molecule has 0 unspecified atom stereocenters. The van der Waals surface area contributed by atoms with E-state index in [1.807, 2.05) is 18.2 Å². The number of rotatable bonds is 8. The fraction of sp³-hybridized carbons (Fsp3) is 0.278. The Morgan fingerprint density at radius 1 is 1.12 bits per heavy atom. The largest absolute Gasteiger partial charge is 0.493 e. The molecule has 5 nitrogen and oxygen atoms in total. The van der Waals surface area contributed by atoms with Crippen LogP contribution in [0.25, 0.3) is 0 Å². The minimum Gasteiger partial charge on any atom is -0.493 e. The van der Waals surface area contributed by atoms with Crippen LogP contribution in [0, 0.1) is 5.82 Å². The number of methoxy groups -OCH3 is 2. The highest BCUT2D eigenvalue weighted by Crippen LogP contribution is 2.27. The second kappa shape index (κ2) is 9.25. The summed E-state index contributed by atoms with van der Waals surface area (Å²) in [5, 5.41) is 5.68. The van der Waals surface area contributed by atoms with E-state index in [0.29, 0.717) is 23.7 Å². The molecule has 0 bridgehead atoms. The van der Waals surface area contributed by atoms with Gasteiger partial charge >= 0.3 is 0 Å². The lowest BCUT2D eigenvalue weighted by Gasteiger charge is -2.10. The highest BCUT2D eigenvalue weighted by Gasteiger charge is 2.06. The van der Waals surface area contributed by atoms with Crippen molar-refractivity contribution in [1.29, 1.82) is 0 Å². The van der Waals surface area contributed by atoms with E-state index in [9.17, 15) is 9.18 Å². The van der Waals surface area contributed by atoms with Gasteiger partial charge in [-0.05, 0) is 48.9 Å². The number of amides is 1. The molecule has 2 aromatic carbocycles. The van der Waals surface area contributed by atoms with Crippen LogP contribution in [-0.2, 0) is 11.2 Å². The maximum absolute atomic E-state index is 13.1. The Balaban J connectivity index is 1.77. The third-order valence-corrected chi connectivity index (χ3v) is 3.82. The first-order chi connectivity index (χ1) is 12.0. The van der Waals surface area contributed by atoms with E-state index in [0.717, 1.165) is 12.0 Å². The van der Waals surface area contributed by atoms with Crippen molar-refractivity contribution in [2.75, 3.05) is 32.6 Å². The summed E-state index contributed by atoms with van der Waals surface area (Å²) in [6.07, 6.45) is 0.732. The van der Waals surface area contributed by atoms with Crippen LogP contribution in [0.2, 0.25) is 5.02 Å². The fourth-order valence-corrected chi connectivity index (χ4v) is 2.43. The van der Waals surface area contributed by atoms with Crippen molar-refractivity contribution in [3.63, 3.8) is 0 Å². The van der Waals surface area contributed by atoms with E-state index in [-0.39, 0.29) is 17.5 Å². The molecular weight excluding hydrogens is 347 g/mol. The summed E-state index contributed by atoms with van der Waals surface area (Å²) in [7, 11) is 3.18. The maximum Gasteiger partial charge on any atom is 0.238 e. The zero-order valence-electron chi connectivity index (χ0n) is 14.1. The number of halogens is 2. The van der Waals surface area contributed by atoms with Crippen molar-refractivity contribution in [3.8, 4) is 11.5 Å². The molecule has 0 aliphatic heterocycles. The van der Waals surface area contributed by atoms with Gasteiger partial charge in [0.2, 0.25) is 5.91 Å². The predicted molar refractivity (Wildman–Crippen MR) is 96.2 cm³/mol. The number of hydrogen-bond donors (Lipinski definition) is 2. The highest BCUT2D eigenvalue weighted by molar-refractivity contribution is 6.31. The number of nitrogens with one attached hydrogen (secondary N) is 2. The van der Waals surface area contributed by atoms with Crippen molar-refractivity contribution in [2.45, 2.75) is 6.42 Å². The molecule has 2 rings (SSSR count). The number of carbonyl (C=O) groups is 1. The van der Waals surface area contributed by atoms with E-state index in [1.54, 1.807) is 14.2 Å². The van der Waals surface area contributed by atoms with Gasteiger partial charge in [-0.25, -0.2) is 4.39 Å². The van der Waals surface area contributed by atoms with E-state index in [1.165, 1.54) is 18.2 Å². The molecule has 2 aromatic rings. The van der Waals surface area contributed by atoms with Crippen LogP contribution in [0.15, 0.2) is 36.4 Å². The average molecular weight is 367 g/mol. The van der Waals surface area contributed by atoms with Gasteiger partial charge in [-0.15, -0.1) is 0 Å². The standard InChI is InChI=1S/C18H20ClFN2O3/c1-24-16-6-3-12(9-17(16)25-2)7-8-21-11-18(23)22-13-4-5-15(20)14(19)10-13/h3-6,9-10,21H,7-8,11H2,1-2H3,(H,22,23). The second-order valence-electron chi connectivity index (χ2n) is 5.29. The first-order valence-electron chi connectivity index (χ1n) is 7.70. The SMILES string of the molecule is COc1ccc(CCNCC(=O)Nc2ccc(F)c(Cl)c2)cc1OC. The Kier molecular flexibility index (Phi) is 7.03. The molecular formula is C18H20ClFN2O3. The van der Waals surface area contributed by atoms with E-state index >= 15 is 0 Å². The van der Waals surface area contributed by atoms with Crippen LogP contribution in [0.5, 0.6) is 11.5 Å². The van der Waals surface area contributed by atoms with Crippen LogP contribution < -0.4 is 20.1 Å². The number of anilines is 1. The molecule has 134 valence electrons. The molecule has 7 heteroatoms. The molecule has 0 fully saturated rings. The summed E-state index contributed by atoms with van der Waals surface area (Å²) >= 11 is 5.68. The van der Waals surface area contributed by atoms with Gasteiger partial charge in [0.15, 0.2) is 11.5 Å². The normalized spacial score (nSPS) is 10.4. The van der Waals surface area contributed by atoms with Gasteiger partial charge in [-0.3, -0.25) is 4.79 Å². The summed E-state index contributed by atoms with van der Waals surface area (Å²) in [5.41, 5.74) is 1.52. The molecule has 0 saturated heterocycles. The molecule has 0 atom stereocenters. The van der Waals surface area contributed by atoms with Crippen LogP contribution in [-0.4, -0.2) is 33.2 Å². The zero-order valence-corrected chi connectivity index (χ0v) is 14.8. The Labute approximate surface area is 151 Å². The van der Waals surface area contributed by atoms with Gasteiger partial charge in [0, 0.05) is 5.69 Å². The number of benzene rings is 2. The Morgan fingerprint density at radius 3 is 2.56 bits per heavy atom. The Bertz CT molecular complexity index is 740. The van der Waals surface area contributed by atoms with Crippen LogP contribution in [0.3, 0.4) is 0 Å². The molecule has 0 saturated carbocycles.